The lowest BCUT2D eigenvalue weighted by Crippen LogP contribution is -2.47. The molecule has 1 saturated heterocycles. The molecule has 1 amide bonds. The van der Waals surface area contributed by atoms with Crippen molar-refractivity contribution in [3.05, 3.63) is 107 Å². The van der Waals surface area contributed by atoms with Crippen molar-refractivity contribution in [3.63, 3.8) is 0 Å². The summed E-state index contributed by atoms with van der Waals surface area (Å²) in [5, 5.41) is 9.94. The summed E-state index contributed by atoms with van der Waals surface area (Å²) in [6.45, 7) is 3.00. The second-order valence-corrected chi connectivity index (χ2v) is 10.3. The van der Waals surface area contributed by atoms with E-state index in [0.29, 0.717) is 19.4 Å². The van der Waals surface area contributed by atoms with E-state index < -0.39 is 6.09 Å². The molecule has 0 radical (unpaired) electrons. The zero-order chi connectivity index (χ0) is 26.5. The van der Waals surface area contributed by atoms with Crippen molar-refractivity contribution in [2.75, 3.05) is 13.1 Å². The van der Waals surface area contributed by atoms with E-state index in [2.05, 4.69) is 53.4 Å². The predicted octanol–water partition coefficient (Wildman–Crippen LogP) is 5.51. The van der Waals surface area contributed by atoms with Gasteiger partial charge in [-0.25, -0.2) is 9.59 Å². The van der Waals surface area contributed by atoms with Crippen LogP contribution in [0.4, 0.5) is 4.79 Å². The van der Waals surface area contributed by atoms with Crippen LogP contribution >= 0.6 is 0 Å². The van der Waals surface area contributed by atoms with Crippen molar-refractivity contribution in [2.45, 2.75) is 50.9 Å². The molecule has 2 heterocycles. The maximum absolute atomic E-state index is 13.1. The average Bonchev–Trinajstić information content (AvgIpc) is 3.19. The number of aromatic nitrogens is 2. The fourth-order valence-corrected chi connectivity index (χ4v) is 5.91. The number of benzene rings is 3. The Morgan fingerprint density at radius 1 is 0.895 bits per heavy atom. The summed E-state index contributed by atoms with van der Waals surface area (Å²) < 4.78 is 3.58. The molecule has 4 aromatic rings. The zero-order valence-electron chi connectivity index (χ0n) is 21.9. The number of aryl methyl sites for hydroxylation is 1. The molecule has 0 aliphatic carbocycles. The third kappa shape index (κ3) is 5.68. The lowest BCUT2D eigenvalue weighted by atomic mass is 9.93. The van der Waals surface area contributed by atoms with Gasteiger partial charge in [0.25, 0.3) is 0 Å². The first-order valence-electron chi connectivity index (χ1n) is 13.5. The van der Waals surface area contributed by atoms with E-state index in [9.17, 15) is 14.7 Å². The van der Waals surface area contributed by atoms with Gasteiger partial charge in [-0.15, -0.1) is 0 Å². The van der Waals surface area contributed by atoms with Crippen molar-refractivity contribution in [3.8, 4) is 0 Å². The predicted molar refractivity (Wildman–Crippen MR) is 150 cm³/mol. The van der Waals surface area contributed by atoms with Crippen LogP contribution in [0.15, 0.2) is 89.7 Å². The SMILES string of the molecule is Cn1c(=O)n(C2CCN(C(=O)O)[C@@H](CCCN(Cc3ccccc3)Cc3ccccc3)C2)c2ccccc21. The highest BCUT2D eigenvalue weighted by molar-refractivity contribution is 5.76. The molecule has 1 aliphatic rings. The molecule has 1 fully saturated rings. The van der Waals surface area contributed by atoms with Crippen molar-refractivity contribution in [1.29, 1.82) is 0 Å². The van der Waals surface area contributed by atoms with E-state index in [-0.39, 0.29) is 17.8 Å². The van der Waals surface area contributed by atoms with Gasteiger partial charge in [-0.1, -0.05) is 72.8 Å². The highest BCUT2D eigenvalue weighted by atomic mass is 16.4. The van der Waals surface area contributed by atoms with Crippen LogP contribution in [-0.2, 0) is 20.1 Å². The van der Waals surface area contributed by atoms with Crippen LogP contribution in [0.25, 0.3) is 11.0 Å². The van der Waals surface area contributed by atoms with Crippen molar-refractivity contribution < 1.29 is 9.90 Å². The number of para-hydroxylation sites is 2. The monoisotopic (exact) mass is 512 g/mol. The normalized spacial score (nSPS) is 17.8. The fourth-order valence-electron chi connectivity index (χ4n) is 5.91. The Morgan fingerprint density at radius 3 is 2.08 bits per heavy atom. The van der Waals surface area contributed by atoms with Gasteiger partial charge in [0.05, 0.1) is 11.0 Å². The molecule has 0 saturated carbocycles. The summed E-state index contributed by atoms with van der Waals surface area (Å²) in [6.07, 6.45) is 2.07. The van der Waals surface area contributed by atoms with Crippen LogP contribution in [0.2, 0.25) is 0 Å². The van der Waals surface area contributed by atoms with Gasteiger partial charge in [0.2, 0.25) is 0 Å². The van der Waals surface area contributed by atoms with Crippen molar-refractivity contribution in [1.82, 2.24) is 18.9 Å². The maximum atomic E-state index is 13.1. The highest BCUT2D eigenvalue weighted by Crippen LogP contribution is 2.31. The van der Waals surface area contributed by atoms with Gasteiger partial charge in [-0.2, -0.15) is 0 Å². The molecule has 1 aromatic heterocycles. The number of hydrogen-bond acceptors (Lipinski definition) is 3. The third-order valence-electron chi connectivity index (χ3n) is 7.80. The molecular formula is C31H36N4O3. The minimum absolute atomic E-state index is 0.0149. The summed E-state index contributed by atoms with van der Waals surface area (Å²) in [4.78, 5) is 29.3. The first-order chi connectivity index (χ1) is 18.5. The number of imidazole rings is 1. The standard InChI is InChI=1S/C31H36N4O3/c1-32-28-16-8-9-17-29(28)35(30(32)36)27-18-20-34(31(37)38)26(21-27)15-10-19-33(22-24-11-4-2-5-12-24)23-25-13-6-3-7-14-25/h2-9,11-14,16-17,26-27H,10,15,18-23H2,1H3,(H,37,38)/t26-,27?/m0/s1. The summed E-state index contributed by atoms with van der Waals surface area (Å²) in [6, 6.07) is 28.7. The van der Waals surface area contributed by atoms with Crippen LogP contribution in [0.5, 0.6) is 0 Å². The lowest BCUT2D eigenvalue weighted by Gasteiger charge is -2.38. The molecule has 198 valence electrons. The van der Waals surface area contributed by atoms with Gasteiger partial charge >= 0.3 is 11.8 Å². The van der Waals surface area contributed by atoms with Crippen LogP contribution in [0.1, 0.15) is 42.9 Å². The van der Waals surface area contributed by atoms with Crippen LogP contribution in [0, 0.1) is 0 Å². The maximum Gasteiger partial charge on any atom is 0.407 e. The largest absolute Gasteiger partial charge is 0.465 e. The number of nitrogens with zero attached hydrogens (tertiary/aromatic N) is 4. The number of carbonyl (C=O) groups is 1. The summed E-state index contributed by atoms with van der Waals surface area (Å²) >= 11 is 0. The molecule has 0 bridgehead atoms. The molecule has 1 unspecified atom stereocenters. The Morgan fingerprint density at radius 2 is 1.47 bits per heavy atom. The Bertz CT molecular complexity index is 1370. The first kappa shape index (κ1) is 25.8. The number of piperidine rings is 1. The van der Waals surface area contributed by atoms with Gasteiger partial charge in [0.1, 0.15) is 0 Å². The topological polar surface area (TPSA) is 70.7 Å². The first-order valence-corrected chi connectivity index (χ1v) is 13.5. The van der Waals surface area contributed by atoms with Crippen molar-refractivity contribution >= 4 is 17.1 Å². The quantitative estimate of drug-likeness (QED) is 0.321. The highest BCUT2D eigenvalue weighted by Gasteiger charge is 2.33. The number of likely N-dealkylation sites (tertiary alicyclic amines) is 1. The van der Waals surface area contributed by atoms with Gasteiger partial charge in [0.15, 0.2) is 0 Å². The minimum atomic E-state index is -0.871. The fraction of sp³-hybridized carbons (Fsp3) is 0.355. The lowest BCUT2D eigenvalue weighted by molar-refractivity contribution is 0.0852. The van der Waals surface area contributed by atoms with E-state index in [1.165, 1.54) is 11.1 Å². The van der Waals surface area contributed by atoms with E-state index in [0.717, 1.165) is 43.5 Å². The van der Waals surface area contributed by atoms with Crippen LogP contribution in [0.3, 0.4) is 0 Å². The molecular weight excluding hydrogens is 476 g/mol. The number of carboxylic acid groups (broad SMARTS) is 1. The zero-order valence-corrected chi connectivity index (χ0v) is 21.9. The van der Waals surface area contributed by atoms with Gasteiger partial charge in [0, 0.05) is 38.8 Å². The summed E-state index contributed by atoms with van der Waals surface area (Å²) in [5.41, 5.74) is 4.33. The van der Waals surface area contributed by atoms with E-state index >= 15 is 0 Å². The molecule has 38 heavy (non-hydrogen) atoms. The van der Waals surface area contributed by atoms with Crippen LogP contribution < -0.4 is 5.69 Å². The number of hydrogen-bond donors (Lipinski definition) is 1. The van der Waals surface area contributed by atoms with Gasteiger partial charge < -0.3 is 10.0 Å². The second kappa shape index (κ2) is 11.7. The minimum Gasteiger partial charge on any atom is -0.465 e. The number of rotatable bonds is 9. The molecule has 3 aromatic carbocycles. The molecule has 7 heteroatoms. The third-order valence-corrected chi connectivity index (χ3v) is 7.80. The van der Waals surface area contributed by atoms with Gasteiger partial charge in [-0.3, -0.25) is 14.0 Å². The number of amides is 1. The van der Waals surface area contributed by atoms with E-state index in [1.54, 1.807) is 16.5 Å². The van der Waals surface area contributed by atoms with Crippen LogP contribution in [-0.4, -0.2) is 49.3 Å². The Kier molecular flexibility index (Phi) is 7.94. The smallest absolute Gasteiger partial charge is 0.407 e. The molecule has 2 atom stereocenters. The van der Waals surface area contributed by atoms with E-state index in [1.807, 2.05) is 41.0 Å². The second-order valence-electron chi connectivity index (χ2n) is 10.3. The van der Waals surface area contributed by atoms with Crippen molar-refractivity contribution in [2.24, 2.45) is 7.05 Å². The summed E-state index contributed by atoms with van der Waals surface area (Å²) in [5.74, 6) is 0. The Balaban J connectivity index is 1.30. The molecule has 0 spiro atoms. The number of fused-ring (bicyclic) bond motifs is 1. The molecule has 7 nitrogen and oxygen atoms in total. The Hall–Kier alpha value is -3.84. The van der Waals surface area contributed by atoms with Gasteiger partial charge in [-0.05, 0) is 55.5 Å². The molecule has 5 rings (SSSR count). The molecule has 1 aliphatic heterocycles. The van der Waals surface area contributed by atoms with E-state index in [4.69, 9.17) is 0 Å². The molecule has 1 N–H and O–H groups in total. The average molecular weight is 513 g/mol. The Labute approximate surface area is 223 Å². The summed E-state index contributed by atoms with van der Waals surface area (Å²) in [7, 11) is 1.80.